The van der Waals surface area contributed by atoms with Gasteiger partial charge in [0.1, 0.15) is 0 Å². The van der Waals surface area contributed by atoms with E-state index in [9.17, 15) is 4.79 Å². The molecule has 0 fully saturated rings. The van der Waals surface area contributed by atoms with Gasteiger partial charge in [-0.15, -0.1) is 0 Å². The summed E-state index contributed by atoms with van der Waals surface area (Å²) in [5.41, 5.74) is 9.53. The number of carbonyl (C=O) groups is 1. The predicted octanol–water partition coefficient (Wildman–Crippen LogP) is 4.58. The van der Waals surface area contributed by atoms with Crippen LogP contribution in [0.4, 0.5) is 5.69 Å². The van der Waals surface area contributed by atoms with Gasteiger partial charge < -0.3 is 24.5 Å². The highest BCUT2D eigenvalue weighted by atomic mass is 16.5. The second kappa shape index (κ2) is 8.31. The van der Waals surface area contributed by atoms with Gasteiger partial charge in [0.2, 0.25) is 11.5 Å². The van der Waals surface area contributed by atoms with Gasteiger partial charge >= 0.3 is 0 Å². The van der Waals surface area contributed by atoms with Gasteiger partial charge in [-0.2, -0.15) is 0 Å². The van der Waals surface area contributed by atoms with Crippen LogP contribution in [0.1, 0.15) is 35.9 Å². The zero-order valence-corrected chi connectivity index (χ0v) is 17.4. The molecule has 0 spiro atoms. The molecule has 2 N–H and O–H groups in total. The Morgan fingerprint density at radius 2 is 1.59 bits per heavy atom. The summed E-state index contributed by atoms with van der Waals surface area (Å²) >= 11 is 0. The molecule has 2 aromatic carbocycles. The van der Waals surface area contributed by atoms with Crippen LogP contribution in [0.3, 0.4) is 0 Å². The molecule has 1 aromatic heterocycles. The highest BCUT2D eigenvalue weighted by Gasteiger charge is 2.22. The SMILES string of the molecule is COc1cc(C(=O)c2cc(-c3cccc(N)c3)cn2C(C)C)cc(OC)c1OC. The summed E-state index contributed by atoms with van der Waals surface area (Å²) in [4.78, 5) is 13.4. The molecule has 0 saturated carbocycles. The minimum absolute atomic E-state index is 0.103. The van der Waals surface area contributed by atoms with Gasteiger partial charge in [0.05, 0.1) is 27.0 Å². The van der Waals surface area contributed by atoms with Gasteiger partial charge in [0.15, 0.2) is 11.5 Å². The van der Waals surface area contributed by atoms with Crippen LogP contribution in [0.25, 0.3) is 11.1 Å². The Labute approximate surface area is 170 Å². The number of carbonyl (C=O) groups excluding carboxylic acids is 1. The lowest BCUT2D eigenvalue weighted by atomic mass is 10.0. The number of rotatable bonds is 7. The Morgan fingerprint density at radius 3 is 2.10 bits per heavy atom. The van der Waals surface area contributed by atoms with E-state index in [1.807, 2.05) is 54.9 Å². The van der Waals surface area contributed by atoms with Crippen molar-refractivity contribution in [1.82, 2.24) is 4.57 Å². The minimum atomic E-state index is -0.131. The van der Waals surface area contributed by atoms with Crippen molar-refractivity contribution in [3.05, 3.63) is 59.9 Å². The van der Waals surface area contributed by atoms with Crippen molar-refractivity contribution in [3.63, 3.8) is 0 Å². The van der Waals surface area contributed by atoms with Crippen molar-refractivity contribution in [1.29, 1.82) is 0 Å². The van der Waals surface area contributed by atoms with E-state index in [1.165, 1.54) is 21.3 Å². The normalized spacial score (nSPS) is 10.8. The number of hydrogen-bond acceptors (Lipinski definition) is 5. The second-order valence-electron chi connectivity index (χ2n) is 6.98. The molecular formula is C23H26N2O4. The van der Waals surface area contributed by atoms with Crippen LogP contribution in [0.15, 0.2) is 48.7 Å². The maximum absolute atomic E-state index is 13.4. The Hall–Kier alpha value is -3.41. The van der Waals surface area contributed by atoms with E-state index in [-0.39, 0.29) is 11.8 Å². The van der Waals surface area contributed by atoms with E-state index in [0.717, 1.165) is 11.1 Å². The average molecular weight is 394 g/mol. The molecule has 0 aliphatic carbocycles. The molecule has 3 aromatic rings. The lowest BCUT2D eigenvalue weighted by Gasteiger charge is -2.15. The molecule has 0 saturated heterocycles. The van der Waals surface area contributed by atoms with Crippen molar-refractivity contribution in [3.8, 4) is 28.4 Å². The molecule has 6 nitrogen and oxygen atoms in total. The summed E-state index contributed by atoms with van der Waals surface area (Å²) in [6.07, 6.45) is 1.98. The smallest absolute Gasteiger partial charge is 0.209 e. The van der Waals surface area contributed by atoms with Crippen LogP contribution < -0.4 is 19.9 Å². The van der Waals surface area contributed by atoms with Gasteiger partial charge in [-0.1, -0.05) is 12.1 Å². The number of aromatic nitrogens is 1. The number of nitrogens with two attached hydrogens (primary N) is 1. The molecule has 0 aliphatic rings. The van der Waals surface area contributed by atoms with E-state index in [4.69, 9.17) is 19.9 Å². The summed E-state index contributed by atoms with van der Waals surface area (Å²) in [5, 5.41) is 0. The highest BCUT2D eigenvalue weighted by Crippen LogP contribution is 2.39. The summed E-state index contributed by atoms with van der Waals surface area (Å²) in [6.45, 7) is 4.07. The fraction of sp³-hybridized carbons (Fsp3) is 0.261. The third-order valence-electron chi connectivity index (χ3n) is 4.78. The molecule has 6 heteroatoms. The monoisotopic (exact) mass is 394 g/mol. The maximum Gasteiger partial charge on any atom is 0.209 e. The van der Waals surface area contributed by atoms with E-state index in [2.05, 4.69) is 0 Å². The van der Waals surface area contributed by atoms with E-state index < -0.39 is 0 Å². The summed E-state index contributed by atoms with van der Waals surface area (Å²) in [5.74, 6) is 1.20. The zero-order chi connectivity index (χ0) is 21.1. The first-order valence-corrected chi connectivity index (χ1v) is 9.32. The van der Waals surface area contributed by atoms with Crippen LogP contribution >= 0.6 is 0 Å². The molecule has 0 atom stereocenters. The van der Waals surface area contributed by atoms with Crippen molar-refractivity contribution in [2.75, 3.05) is 27.1 Å². The molecule has 0 amide bonds. The minimum Gasteiger partial charge on any atom is -0.493 e. The van der Waals surface area contributed by atoms with E-state index in [1.54, 1.807) is 12.1 Å². The van der Waals surface area contributed by atoms with Crippen LogP contribution in [0.2, 0.25) is 0 Å². The van der Waals surface area contributed by atoms with Crippen molar-refractivity contribution in [2.45, 2.75) is 19.9 Å². The van der Waals surface area contributed by atoms with Crippen LogP contribution in [-0.4, -0.2) is 31.7 Å². The second-order valence-corrected chi connectivity index (χ2v) is 6.98. The Bertz CT molecular complexity index is 1010. The highest BCUT2D eigenvalue weighted by molar-refractivity contribution is 6.09. The van der Waals surface area contributed by atoms with Gasteiger partial charge in [0.25, 0.3) is 0 Å². The van der Waals surface area contributed by atoms with Gasteiger partial charge in [-0.3, -0.25) is 4.79 Å². The fourth-order valence-electron chi connectivity index (χ4n) is 3.32. The van der Waals surface area contributed by atoms with Crippen LogP contribution in [-0.2, 0) is 0 Å². The summed E-state index contributed by atoms with van der Waals surface area (Å²) < 4.78 is 18.1. The summed E-state index contributed by atoms with van der Waals surface area (Å²) in [6, 6.07) is 12.9. The van der Waals surface area contributed by atoms with Crippen molar-refractivity contribution in [2.24, 2.45) is 0 Å². The number of methoxy groups -OCH3 is 3. The molecule has 1 heterocycles. The first kappa shape index (κ1) is 20.3. The number of hydrogen-bond donors (Lipinski definition) is 1. The van der Waals surface area contributed by atoms with Gasteiger partial charge in [0, 0.05) is 29.1 Å². The van der Waals surface area contributed by atoms with Gasteiger partial charge in [-0.05, 0) is 49.7 Å². The first-order chi connectivity index (χ1) is 13.9. The van der Waals surface area contributed by atoms with Crippen LogP contribution in [0, 0.1) is 0 Å². The van der Waals surface area contributed by atoms with E-state index >= 15 is 0 Å². The molecule has 152 valence electrons. The number of anilines is 1. The fourth-order valence-corrected chi connectivity index (χ4v) is 3.32. The van der Waals surface area contributed by atoms with Crippen molar-refractivity contribution < 1.29 is 19.0 Å². The standard InChI is InChI=1S/C23H26N2O4/c1-14(2)25-13-17(15-7-6-8-18(24)9-15)10-19(25)22(26)16-11-20(27-3)23(29-5)21(12-16)28-4/h6-14H,24H2,1-5H3. The van der Waals surface area contributed by atoms with E-state index in [0.29, 0.717) is 34.2 Å². The lowest BCUT2D eigenvalue weighted by Crippen LogP contribution is -2.12. The first-order valence-electron chi connectivity index (χ1n) is 9.32. The maximum atomic E-state index is 13.4. The number of nitrogens with zero attached hydrogens (tertiary/aromatic N) is 1. The Kier molecular flexibility index (Phi) is 5.82. The third kappa shape index (κ3) is 3.92. The number of ketones is 1. The molecular weight excluding hydrogens is 368 g/mol. The molecule has 0 aliphatic heterocycles. The zero-order valence-electron chi connectivity index (χ0n) is 17.4. The molecule has 0 radical (unpaired) electrons. The number of nitrogen functional groups attached to an aromatic ring is 1. The lowest BCUT2D eigenvalue weighted by molar-refractivity contribution is 0.102. The quantitative estimate of drug-likeness (QED) is 0.469. The molecule has 0 bridgehead atoms. The van der Waals surface area contributed by atoms with Crippen LogP contribution in [0.5, 0.6) is 17.2 Å². The molecule has 0 unspecified atom stereocenters. The van der Waals surface area contributed by atoms with Gasteiger partial charge in [-0.25, -0.2) is 0 Å². The third-order valence-corrected chi connectivity index (χ3v) is 4.78. The predicted molar refractivity (Wildman–Crippen MR) is 114 cm³/mol. The Balaban J connectivity index is 2.12. The Morgan fingerprint density at radius 1 is 0.931 bits per heavy atom. The molecule has 3 rings (SSSR count). The summed E-state index contributed by atoms with van der Waals surface area (Å²) in [7, 11) is 4.59. The molecule has 29 heavy (non-hydrogen) atoms. The largest absolute Gasteiger partial charge is 0.493 e. The number of benzene rings is 2. The van der Waals surface area contributed by atoms with Crippen molar-refractivity contribution >= 4 is 11.5 Å². The average Bonchev–Trinajstić information content (AvgIpc) is 3.18. The number of ether oxygens (including phenoxy) is 3. The topological polar surface area (TPSA) is 75.7 Å².